The molecule has 0 radical (unpaired) electrons. The van der Waals surface area contributed by atoms with Crippen LogP contribution in [0.5, 0.6) is 0 Å². The van der Waals surface area contributed by atoms with Gasteiger partial charge in [0, 0.05) is 5.56 Å². The first-order chi connectivity index (χ1) is 8.43. The number of epoxide rings is 1. The predicted molar refractivity (Wildman–Crippen MR) is 66.2 cm³/mol. The van der Waals surface area contributed by atoms with Crippen LogP contribution in [-0.2, 0) is 16.0 Å². The van der Waals surface area contributed by atoms with Gasteiger partial charge in [-0.2, -0.15) is 0 Å². The molecule has 3 rings (SSSR count). The molecule has 0 N–H and O–H groups in total. The molecule has 0 aromatic heterocycles. The molecule has 0 amide bonds. The molecule has 0 spiro atoms. The van der Waals surface area contributed by atoms with Crippen LogP contribution in [0.4, 0.5) is 0 Å². The van der Waals surface area contributed by atoms with Crippen LogP contribution < -0.4 is 0 Å². The quantitative estimate of drug-likeness (QED) is 0.455. The molecule has 1 fully saturated rings. The molecule has 1 aromatic carbocycles. The number of rotatable bonds is 3. The lowest BCUT2D eigenvalue weighted by Crippen LogP contribution is -2.05. The molecule has 1 aliphatic heterocycles. The van der Waals surface area contributed by atoms with Crippen molar-refractivity contribution in [2.75, 3.05) is 13.2 Å². The maximum absolute atomic E-state index is 5.37. The van der Waals surface area contributed by atoms with E-state index < -0.39 is 0 Å². The van der Waals surface area contributed by atoms with Crippen molar-refractivity contribution in [1.82, 2.24) is 0 Å². The van der Waals surface area contributed by atoms with Gasteiger partial charge in [0.2, 0.25) is 0 Å². The monoisotopic (exact) mass is 231 g/mol. The number of oxime groups is 1. The molecule has 2 aliphatic rings. The van der Waals surface area contributed by atoms with Gasteiger partial charge in [-0.15, -0.1) is 0 Å². The van der Waals surface area contributed by atoms with Gasteiger partial charge in [-0.3, -0.25) is 0 Å². The Labute approximate surface area is 101 Å². The average molecular weight is 231 g/mol. The Balaban J connectivity index is 1.77. The first kappa shape index (κ1) is 10.8. The van der Waals surface area contributed by atoms with Crippen LogP contribution in [0.15, 0.2) is 29.4 Å². The van der Waals surface area contributed by atoms with Crippen LogP contribution >= 0.6 is 0 Å². The van der Waals surface area contributed by atoms with E-state index in [0.717, 1.165) is 25.2 Å². The van der Waals surface area contributed by atoms with Crippen LogP contribution in [0.2, 0.25) is 0 Å². The molecule has 3 heteroatoms. The normalized spacial score (nSPS) is 25.2. The first-order valence-electron chi connectivity index (χ1n) is 6.32. The van der Waals surface area contributed by atoms with Crippen molar-refractivity contribution in [3.8, 4) is 0 Å². The lowest BCUT2D eigenvalue weighted by molar-refractivity contribution is 0.124. The molecule has 3 nitrogen and oxygen atoms in total. The second-order valence-electron chi connectivity index (χ2n) is 4.65. The Morgan fingerprint density at radius 1 is 1.24 bits per heavy atom. The minimum Gasteiger partial charge on any atom is -0.393 e. The fourth-order valence-corrected chi connectivity index (χ4v) is 2.22. The van der Waals surface area contributed by atoms with E-state index in [4.69, 9.17) is 9.57 Å². The third-order valence-corrected chi connectivity index (χ3v) is 3.28. The summed E-state index contributed by atoms with van der Waals surface area (Å²) in [6.07, 6.45) is 4.88. The molecule has 1 aromatic rings. The first-order valence-corrected chi connectivity index (χ1v) is 6.32. The fraction of sp³-hybridized carbons (Fsp3) is 0.500. The summed E-state index contributed by atoms with van der Waals surface area (Å²) in [7, 11) is 0. The molecule has 0 bridgehead atoms. The van der Waals surface area contributed by atoms with E-state index in [-0.39, 0.29) is 6.10 Å². The molecule has 90 valence electrons. The number of benzene rings is 1. The van der Waals surface area contributed by atoms with Gasteiger partial charge in [0.25, 0.3) is 0 Å². The van der Waals surface area contributed by atoms with Gasteiger partial charge in [-0.25, -0.2) is 0 Å². The maximum atomic E-state index is 5.37. The highest BCUT2D eigenvalue weighted by atomic mass is 16.7. The lowest BCUT2D eigenvalue weighted by Gasteiger charge is -2.07. The van der Waals surface area contributed by atoms with Gasteiger partial charge < -0.3 is 9.57 Å². The minimum atomic E-state index is 0.278. The van der Waals surface area contributed by atoms with Crippen molar-refractivity contribution in [2.45, 2.75) is 31.8 Å². The largest absolute Gasteiger partial charge is 0.393 e. The van der Waals surface area contributed by atoms with Crippen molar-refractivity contribution < 1.29 is 9.57 Å². The Hall–Kier alpha value is -1.35. The molecular formula is C14H17NO2. The molecule has 0 saturated carbocycles. The van der Waals surface area contributed by atoms with Gasteiger partial charge in [0.15, 0.2) is 0 Å². The fourth-order valence-electron chi connectivity index (χ4n) is 2.22. The topological polar surface area (TPSA) is 34.1 Å². The molecule has 1 atom stereocenters. The highest BCUT2D eigenvalue weighted by Gasteiger charge is 2.23. The summed E-state index contributed by atoms with van der Waals surface area (Å²) >= 11 is 0. The summed E-state index contributed by atoms with van der Waals surface area (Å²) in [5.41, 5.74) is 3.76. The summed E-state index contributed by atoms with van der Waals surface area (Å²) < 4.78 is 5.10. The third-order valence-electron chi connectivity index (χ3n) is 3.28. The summed E-state index contributed by atoms with van der Waals surface area (Å²) in [5, 5.41) is 4.30. The number of ether oxygens (including phenoxy) is 1. The van der Waals surface area contributed by atoms with Crippen molar-refractivity contribution in [3.63, 3.8) is 0 Å². The number of nitrogens with zero attached hydrogens (tertiary/aromatic N) is 1. The summed E-state index contributed by atoms with van der Waals surface area (Å²) in [5.74, 6) is 0. The van der Waals surface area contributed by atoms with E-state index in [9.17, 15) is 0 Å². The van der Waals surface area contributed by atoms with Crippen LogP contribution in [0.25, 0.3) is 0 Å². The van der Waals surface area contributed by atoms with E-state index in [1.807, 2.05) is 0 Å². The van der Waals surface area contributed by atoms with E-state index in [2.05, 4.69) is 29.4 Å². The van der Waals surface area contributed by atoms with E-state index in [0.29, 0.717) is 6.61 Å². The number of hydrogen-bond donors (Lipinski definition) is 0. The smallest absolute Gasteiger partial charge is 0.145 e. The standard InChI is InChI=1S/C14H17NO2/c1-3-7-13-11(5-1)6-2-4-8-14(13)15-17-10-12-9-16-12/h1,3,5,7,12H,2,4,6,8-10H2/b15-14-/t12-/m0/s1. The van der Waals surface area contributed by atoms with Crippen LogP contribution in [0, 0.1) is 0 Å². The molecule has 0 unspecified atom stereocenters. The van der Waals surface area contributed by atoms with E-state index in [1.54, 1.807) is 0 Å². The maximum Gasteiger partial charge on any atom is 0.145 e. The minimum absolute atomic E-state index is 0.278. The second kappa shape index (κ2) is 4.88. The Morgan fingerprint density at radius 3 is 2.94 bits per heavy atom. The van der Waals surface area contributed by atoms with Crippen molar-refractivity contribution >= 4 is 5.71 Å². The molecule has 1 saturated heterocycles. The number of fused-ring (bicyclic) bond motifs is 1. The van der Waals surface area contributed by atoms with Gasteiger partial charge in [0.1, 0.15) is 12.7 Å². The zero-order valence-electron chi connectivity index (χ0n) is 9.89. The van der Waals surface area contributed by atoms with Crippen molar-refractivity contribution in [1.29, 1.82) is 0 Å². The predicted octanol–water partition coefficient (Wildman–Crippen LogP) is 2.53. The van der Waals surface area contributed by atoms with Crippen molar-refractivity contribution in [2.24, 2.45) is 5.16 Å². The third kappa shape index (κ3) is 2.67. The van der Waals surface area contributed by atoms with Gasteiger partial charge >= 0.3 is 0 Å². The van der Waals surface area contributed by atoms with Gasteiger partial charge in [0.05, 0.1) is 12.3 Å². The molecule has 1 heterocycles. The molecule has 17 heavy (non-hydrogen) atoms. The average Bonchev–Trinajstić information content (AvgIpc) is 3.17. The lowest BCUT2D eigenvalue weighted by atomic mass is 10.0. The highest BCUT2D eigenvalue weighted by molar-refractivity contribution is 6.01. The highest BCUT2D eigenvalue weighted by Crippen LogP contribution is 2.21. The van der Waals surface area contributed by atoms with E-state index in [1.165, 1.54) is 24.0 Å². The Bertz CT molecular complexity index is 424. The Morgan fingerprint density at radius 2 is 2.06 bits per heavy atom. The summed E-state index contributed by atoms with van der Waals surface area (Å²) in [6, 6.07) is 8.51. The second-order valence-corrected chi connectivity index (χ2v) is 4.65. The zero-order chi connectivity index (χ0) is 11.5. The van der Waals surface area contributed by atoms with E-state index >= 15 is 0 Å². The van der Waals surface area contributed by atoms with Crippen LogP contribution in [-0.4, -0.2) is 25.0 Å². The van der Waals surface area contributed by atoms with Gasteiger partial charge in [-0.1, -0.05) is 29.4 Å². The summed E-state index contributed by atoms with van der Waals surface area (Å²) in [6.45, 7) is 1.41. The van der Waals surface area contributed by atoms with Crippen LogP contribution in [0.3, 0.4) is 0 Å². The zero-order valence-corrected chi connectivity index (χ0v) is 9.89. The molecular weight excluding hydrogens is 214 g/mol. The molecule has 1 aliphatic carbocycles. The SMILES string of the molecule is c1ccc2c(c1)CCCC/C2=N/OC[C@@H]1CO1. The number of aryl methyl sites for hydroxylation is 1. The number of hydrogen-bond acceptors (Lipinski definition) is 3. The van der Waals surface area contributed by atoms with Gasteiger partial charge in [-0.05, 0) is 31.2 Å². The van der Waals surface area contributed by atoms with Crippen molar-refractivity contribution in [3.05, 3.63) is 35.4 Å². The summed E-state index contributed by atoms with van der Waals surface area (Å²) in [4.78, 5) is 5.37. The van der Waals surface area contributed by atoms with Crippen LogP contribution in [0.1, 0.15) is 30.4 Å². The Kier molecular flexibility index (Phi) is 3.10.